The second kappa shape index (κ2) is 5.61. The van der Waals surface area contributed by atoms with Gasteiger partial charge in [-0.1, -0.05) is 17.7 Å². The van der Waals surface area contributed by atoms with Gasteiger partial charge in [-0.25, -0.2) is 0 Å². The topological polar surface area (TPSA) is 66.7 Å². The second-order valence-corrected chi connectivity index (χ2v) is 5.86. The summed E-state index contributed by atoms with van der Waals surface area (Å²) in [5, 5.41) is 11.1. The molecule has 1 aromatic carbocycles. The van der Waals surface area contributed by atoms with E-state index >= 15 is 0 Å². The fraction of sp³-hybridized carbons (Fsp3) is 0.500. The van der Waals surface area contributed by atoms with E-state index in [4.69, 9.17) is 11.6 Å². The Bertz CT molecular complexity index is 581. The number of amides is 1. The number of hydrogen-bond acceptors (Lipinski definition) is 4. The first kappa shape index (κ1) is 14.3. The van der Waals surface area contributed by atoms with Crippen molar-refractivity contribution in [1.82, 2.24) is 9.80 Å². The molecule has 1 aromatic rings. The number of hydrogen-bond donors (Lipinski definition) is 0. The molecule has 3 rings (SSSR count). The summed E-state index contributed by atoms with van der Waals surface area (Å²) < 4.78 is 0. The van der Waals surface area contributed by atoms with Crippen LogP contribution in [0.4, 0.5) is 5.69 Å². The van der Waals surface area contributed by atoms with Crippen LogP contribution in [0.2, 0.25) is 5.02 Å². The Labute approximate surface area is 127 Å². The van der Waals surface area contributed by atoms with E-state index < -0.39 is 4.92 Å². The van der Waals surface area contributed by atoms with Gasteiger partial charge in [-0.2, -0.15) is 0 Å². The van der Waals surface area contributed by atoms with Gasteiger partial charge in [0.1, 0.15) is 10.6 Å². The lowest BCUT2D eigenvalue weighted by molar-refractivity contribution is -0.385. The highest BCUT2D eigenvalue weighted by Crippen LogP contribution is 2.30. The van der Waals surface area contributed by atoms with Crippen LogP contribution in [0, 0.1) is 10.1 Å². The molecule has 0 atom stereocenters. The molecule has 0 N–H and O–H groups in total. The number of carbonyl (C=O) groups excluding carboxylic acids is 1. The number of para-hydroxylation sites is 1. The summed E-state index contributed by atoms with van der Waals surface area (Å²) in [6.45, 7) is 2.90. The molecule has 6 nitrogen and oxygen atoms in total. The quantitative estimate of drug-likeness (QED) is 0.634. The van der Waals surface area contributed by atoms with Crippen LogP contribution in [0.25, 0.3) is 0 Å². The van der Waals surface area contributed by atoms with Gasteiger partial charge in [0.25, 0.3) is 5.91 Å². The van der Waals surface area contributed by atoms with Crippen LogP contribution >= 0.6 is 11.6 Å². The standard InChI is InChI=1S/C14H16ClN3O3/c15-12-3-1-2-11(13(12)18(20)21)14(19)17-8-6-16(7-9-17)10-4-5-10/h1-3,10H,4-9H2. The highest BCUT2D eigenvalue weighted by molar-refractivity contribution is 6.33. The van der Waals surface area contributed by atoms with Gasteiger partial charge in [-0.3, -0.25) is 19.8 Å². The summed E-state index contributed by atoms with van der Waals surface area (Å²) >= 11 is 5.86. The average molecular weight is 310 g/mol. The minimum absolute atomic E-state index is 0.00228. The molecule has 1 heterocycles. The van der Waals surface area contributed by atoms with Crippen molar-refractivity contribution >= 4 is 23.2 Å². The third-order valence-electron chi connectivity index (χ3n) is 4.06. The van der Waals surface area contributed by atoms with E-state index in [0.717, 1.165) is 13.1 Å². The monoisotopic (exact) mass is 309 g/mol. The van der Waals surface area contributed by atoms with E-state index in [2.05, 4.69) is 4.90 Å². The lowest BCUT2D eigenvalue weighted by Crippen LogP contribution is -2.49. The first-order valence-electron chi connectivity index (χ1n) is 7.04. The Morgan fingerprint density at radius 2 is 1.90 bits per heavy atom. The summed E-state index contributed by atoms with van der Waals surface area (Å²) in [7, 11) is 0. The van der Waals surface area contributed by atoms with Crippen molar-refractivity contribution < 1.29 is 9.72 Å². The number of benzene rings is 1. The number of nitrogens with zero attached hydrogens (tertiary/aromatic N) is 3. The lowest BCUT2D eigenvalue weighted by Gasteiger charge is -2.34. The minimum Gasteiger partial charge on any atom is -0.336 e. The summed E-state index contributed by atoms with van der Waals surface area (Å²) in [4.78, 5) is 27.1. The van der Waals surface area contributed by atoms with E-state index in [-0.39, 0.29) is 22.2 Å². The Morgan fingerprint density at radius 3 is 2.48 bits per heavy atom. The van der Waals surface area contributed by atoms with Gasteiger partial charge in [0, 0.05) is 32.2 Å². The van der Waals surface area contributed by atoms with Gasteiger partial charge >= 0.3 is 5.69 Å². The Kier molecular flexibility index (Phi) is 3.82. The molecule has 0 unspecified atom stereocenters. The molecule has 7 heteroatoms. The van der Waals surface area contributed by atoms with Gasteiger partial charge in [0.05, 0.1) is 4.92 Å². The van der Waals surface area contributed by atoms with Crippen LogP contribution in [0.3, 0.4) is 0 Å². The molecule has 1 saturated carbocycles. The van der Waals surface area contributed by atoms with Gasteiger partial charge in [0.15, 0.2) is 0 Å². The first-order chi connectivity index (χ1) is 10.1. The van der Waals surface area contributed by atoms with Gasteiger partial charge in [-0.15, -0.1) is 0 Å². The molecule has 112 valence electrons. The summed E-state index contributed by atoms with van der Waals surface area (Å²) in [5.74, 6) is -0.306. The fourth-order valence-corrected chi connectivity index (χ4v) is 3.02. The predicted octanol–water partition coefficient (Wildman–Crippen LogP) is 2.17. The molecule has 1 saturated heterocycles. The highest BCUT2D eigenvalue weighted by atomic mass is 35.5. The minimum atomic E-state index is -0.587. The fourth-order valence-electron chi connectivity index (χ4n) is 2.77. The smallest absolute Gasteiger partial charge is 0.300 e. The number of halogens is 1. The highest BCUT2D eigenvalue weighted by Gasteiger charge is 2.34. The molecule has 1 aliphatic heterocycles. The number of rotatable bonds is 3. The second-order valence-electron chi connectivity index (χ2n) is 5.45. The first-order valence-corrected chi connectivity index (χ1v) is 7.42. The van der Waals surface area contributed by atoms with Crippen LogP contribution in [0.5, 0.6) is 0 Å². The van der Waals surface area contributed by atoms with Crippen molar-refractivity contribution in [2.75, 3.05) is 26.2 Å². The van der Waals surface area contributed by atoms with Gasteiger partial charge in [-0.05, 0) is 25.0 Å². The number of carbonyl (C=O) groups is 1. The maximum atomic E-state index is 12.5. The van der Waals surface area contributed by atoms with Crippen LogP contribution in [-0.2, 0) is 0 Å². The van der Waals surface area contributed by atoms with E-state index in [0.29, 0.717) is 19.1 Å². The Balaban J connectivity index is 1.76. The van der Waals surface area contributed by atoms with E-state index in [1.165, 1.54) is 25.0 Å². The molecule has 1 amide bonds. The molecule has 0 radical (unpaired) electrons. The third-order valence-corrected chi connectivity index (χ3v) is 4.37. The number of nitro benzene ring substituents is 1. The summed E-state index contributed by atoms with van der Waals surface area (Å²) in [6.07, 6.45) is 2.49. The van der Waals surface area contributed by atoms with Crippen LogP contribution in [0.15, 0.2) is 18.2 Å². The molecule has 2 aliphatic rings. The van der Waals surface area contributed by atoms with E-state index in [1.54, 1.807) is 11.0 Å². The Morgan fingerprint density at radius 1 is 1.24 bits per heavy atom. The molecular weight excluding hydrogens is 294 g/mol. The van der Waals surface area contributed by atoms with E-state index in [9.17, 15) is 14.9 Å². The molecule has 1 aliphatic carbocycles. The molecular formula is C14H16ClN3O3. The van der Waals surface area contributed by atoms with Crippen molar-refractivity contribution in [2.24, 2.45) is 0 Å². The molecule has 21 heavy (non-hydrogen) atoms. The van der Waals surface area contributed by atoms with Crippen molar-refractivity contribution in [3.8, 4) is 0 Å². The summed E-state index contributed by atoms with van der Waals surface area (Å²) in [6, 6.07) is 5.16. The zero-order valence-corrected chi connectivity index (χ0v) is 12.3. The van der Waals surface area contributed by atoms with Crippen LogP contribution in [-0.4, -0.2) is 52.9 Å². The van der Waals surface area contributed by atoms with Gasteiger partial charge < -0.3 is 4.90 Å². The van der Waals surface area contributed by atoms with Crippen molar-refractivity contribution in [2.45, 2.75) is 18.9 Å². The van der Waals surface area contributed by atoms with Crippen molar-refractivity contribution in [3.05, 3.63) is 38.9 Å². The third kappa shape index (κ3) is 2.87. The van der Waals surface area contributed by atoms with Crippen molar-refractivity contribution in [3.63, 3.8) is 0 Å². The average Bonchev–Trinajstić information content (AvgIpc) is 3.30. The maximum absolute atomic E-state index is 12.5. The van der Waals surface area contributed by atoms with Crippen LogP contribution in [0.1, 0.15) is 23.2 Å². The summed E-state index contributed by atoms with van der Waals surface area (Å²) in [5.41, 5.74) is -0.221. The number of piperazine rings is 1. The molecule has 0 bridgehead atoms. The zero-order valence-electron chi connectivity index (χ0n) is 11.5. The van der Waals surface area contributed by atoms with Crippen molar-refractivity contribution in [1.29, 1.82) is 0 Å². The maximum Gasteiger partial charge on any atom is 0.300 e. The molecule has 0 spiro atoms. The van der Waals surface area contributed by atoms with E-state index in [1.807, 2.05) is 0 Å². The largest absolute Gasteiger partial charge is 0.336 e. The molecule has 2 fully saturated rings. The Hall–Kier alpha value is -1.66. The van der Waals surface area contributed by atoms with Crippen LogP contribution < -0.4 is 0 Å². The zero-order chi connectivity index (χ0) is 15.0. The lowest BCUT2D eigenvalue weighted by atomic mass is 10.1. The number of nitro groups is 1. The van der Waals surface area contributed by atoms with Gasteiger partial charge in [0.2, 0.25) is 0 Å². The molecule has 0 aromatic heterocycles. The predicted molar refractivity (Wildman–Crippen MR) is 78.6 cm³/mol. The SMILES string of the molecule is O=C(c1cccc(Cl)c1[N+](=O)[O-])N1CCN(C2CC2)CC1. The normalized spacial score (nSPS) is 19.6.